The summed E-state index contributed by atoms with van der Waals surface area (Å²) in [7, 11) is 0. The molecule has 6 heteroatoms. The van der Waals surface area contributed by atoms with Crippen LogP contribution in [0.2, 0.25) is 0 Å². The van der Waals surface area contributed by atoms with E-state index in [4.69, 9.17) is 5.11 Å². The third-order valence-corrected chi connectivity index (χ3v) is 3.12. The molecule has 0 unspecified atom stereocenters. The third kappa shape index (κ3) is 2.91. The van der Waals surface area contributed by atoms with Gasteiger partial charge in [0.2, 0.25) is 5.95 Å². The van der Waals surface area contributed by atoms with Crippen molar-refractivity contribution in [3.05, 3.63) is 0 Å². The Balaban J connectivity index is 1.81. The van der Waals surface area contributed by atoms with Crippen LogP contribution in [0.25, 0.3) is 0 Å². The fourth-order valence-corrected chi connectivity index (χ4v) is 2.20. The summed E-state index contributed by atoms with van der Waals surface area (Å²) < 4.78 is 1.60. The lowest BCUT2D eigenvalue weighted by Crippen LogP contribution is -2.19. The van der Waals surface area contributed by atoms with E-state index in [0.717, 1.165) is 12.5 Å². The highest BCUT2D eigenvalue weighted by Gasteiger charge is 2.14. The molecule has 1 aromatic rings. The molecular weight excluding hydrogens is 206 g/mol. The predicted molar refractivity (Wildman–Crippen MR) is 60.0 cm³/mol. The Morgan fingerprint density at radius 2 is 2.12 bits per heavy atom. The van der Waals surface area contributed by atoms with Crippen LogP contribution in [0.4, 0.5) is 5.95 Å². The quantitative estimate of drug-likeness (QED) is 0.769. The Morgan fingerprint density at radius 3 is 2.88 bits per heavy atom. The second-order valence-electron chi connectivity index (χ2n) is 4.33. The van der Waals surface area contributed by atoms with Crippen LogP contribution in [-0.4, -0.2) is 38.5 Å². The molecule has 0 bridgehead atoms. The third-order valence-electron chi connectivity index (χ3n) is 3.12. The second kappa shape index (κ2) is 5.79. The van der Waals surface area contributed by atoms with Gasteiger partial charge >= 0.3 is 0 Å². The zero-order valence-corrected chi connectivity index (χ0v) is 9.47. The molecule has 0 spiro atoms. The van der Waals surface area contributed by atoms with Gasteiger partial charge in [-0.1, -0.05) is 24.4 Å². The number of hydrogen-bond donors (Lipinski definition) is 2. The fourth-order valence-electron chi connectivity index (χ4n) is 2.20. The van der Waals surface area contributed by atoms with Crippen molar-refractivity contribution in [2.45, 2.75) is 38.6 Å². The van der Waals surface area contributed by atoms with Crippen molar-refractivity contribution >= 4 is 5.95 Å². The van der Waals surface area contributed by atoms with Crippen LogP contribution < -0.4 is 5.32 Å². The molecule has 90 valence electrons. The van der Waals surface area contributed by atoms with E-state index < -0.39 is 0 Å². The van der Waals surface area contributed by atoms with Crippen LogP contribution in [0.15, 0.2) is 0 Å². The first kappa shape index (κ1) is 11.3. The van der Waals surface area contributed by atoms with Gasteiger partial charge in [-0.2, -0.15) is 0 Å². The van der Waals surface area contributed by atoms with Crippen molar-refractivity contribution in [1.82, 2.24) is 20.2 Å². The van der Waals surface area contributed by atoms with E-state index in [1.54, 1.807) is 4.68 Å². The minimum Gasteiger partial charge on any atom is -0.394 e. The van der Waals surface area contributed by atoms with Crippen LogP contribution in [0.5, 0.6) is 0 Å². The smallest absolute Gasteiger partial charge is 0.243 e. The minimum atomic E-state index is 0.0587. The van der Waals surface area contributed by atoms with Gasteiger partial charge < -0.3 is 10.4 Å². The molecule has 1 aliphatic rings. The molecule has 0 saturated heterocycles. The Hall–Kier alpha value is -1.17. The maximum atomic E-state index is 8.84. The lowest BCUT2D eigenvalue weighted by Gasteiger charge is -2.21. The number of tetrazole rings is 1. The van der Waals surface area contributed by atoms with Gasteiger partial charge in [0.15, 0.2) is 0 Å². The summed E-state index contributed by atoms with van der Waals surface area (Å²) in [5, 5.41) is 23.4. The molecule has 0 amide bonds. The van der Waals surface area contributed by atoms with E-state index >= 15 is 0 Å². The molecule has 0 radical (unpaired) electrons. The van der Waals surface area contributed by atoms with E-state index in [1.807, 2.05) is 0 Å². The molecule has 1 fully saturated rings. The number of aliphatic hydroxyl groups is 1. The Bertz CT molecular complexity index is 308. The van der Waals surface area contributed by atoms with Crippen LogP contribution in [-0.2, 0) is 6.54 Å². The first-order valence-corrected chi connectivity index (χ1v) is 6.01. The fraction of sp³-hybridized carbons (Fsp3) is 0.900. The zero-order valence-electron chi connectivity index (χ0n) is 9.47. The maximum absolute atomic E-state index is 8.84. The molecule has 0 aliphatic heterocycles. The topological polar surface area (TPSA) is 75.9 Å². The Kier molecular flexibility index (Phi) is 4.10. The Morgan fingerprint density at radius 1 is 1.31 bits per heavy atom. The van der Waals surface area contributed by atoms with Crippen LogP contribution in [0, 0.1) is 5.92 Å². The molecule has 16 heavy (non-hydrogen) atoms. The van der Waals surface area contributed by atoms with Crippen molar-refractivity contribution in [2.24, 2.45) is 5.92 Å². The van der Waals surface area contributed by atoms with Gasteiger partial charge in [0.25, 0.3) is 0 Å². The van der Waals surface area contributed by atoms with Gasteiger partial charge in [-0.3, -0.25) is 0 Å². The summed E-state index contributed by atoms with van der Waals surface area (Å²) in [6.07, 6.45) is 6.66. The maximum Gasteiger partial charge on any atom is 0.243 e. The van der Waals surface area contributed by atoms with Crippen LogP contribution in [0.3, 0.4) is 0 Å². The summed E-state index contributed by atoms with van der Waals surface area (Å²) in [6.45, 7) is 1.44. The molecule has 2 N–H and O–H groups in total. The van der Waals surface area contributed by atoms with Crippen molar-refractivity contribution in [3.8, 4) is 0 Å². The number of rotatable bonds is 5. The highest BCUT2D eigenvalue weighted by atomic mass is 16.3. The van der Waals surface area contributed by atoms with Gasteiger partial charge in [-0.05, 0) is 29.2 Å². The number of aromatic nitrogens is 4. The number of nitrogens with zero attached hydrogens (tertiary/aromatic N) is 4. The minimum absolute atomic E-state index is 0.0587. The number of nitrogens with one attached hydrogen (secondary N) is 1. The van der Waals surface area contributed by atoms with Crippen molar-refractivity contribution in [2.75, 3.05) is 18.5 Å². The summed E-state index contributed by atoms with van der Waals surface area (Å²) in [5.41, 5.74) is 0. The molecule has 6 nitrogen and oxygen atoms in total. The average molecular weight is 225 g/mol. The Labute approximate surface area is 95.0 Å². The first-order chi connectivity index (χ1) is 7.90. The van der Waals surface area contributed by atoms with E-state index in [2.05, 4.69) is 20.8 Å². The van der Waals surface area contributed by atoms with E-state index in [0.29, 0.717) is 12.5 Å². The lowest BCUT2D eigenvalue weighted by molar-refractivity contribution is 0.268. The largest absolute Gasteiger partial charge is 0.394 e. The second-order valence-corrected chi connectivity index (χ2v) is 4.33. The molecule has 0 atom stereocenters. The van der Waals surface area contributed by atoms with Gasteiger partial charge in [-0.15, -0.1) is 0 Å². The van der Waals surface area contributed by atoms with Crippen molar-refractivity contribution in [3.63, 3.8) is 0 Å². The number of anilines is 1. The molecule has 2 rings (SSSR count). The molecule has 1 aromatic heterocycles. The van der Waals surface area contributed by atoms with Gasteiger partial charge in [-0.25, -0.2) is 4.68 Å². The molecule has 1 heterocycles. The number of aliphatic hydroxyl groups excluding tert-OH is 1. The van der Waals surface area contributed by atoms with Gasteiger partial charge in [0, 0.05) is 6.54 Å². The zero-order chi connectivity index (χ0) is 11.2. The lowest BCUT2D eigenvalue weighted by atomic mass is 9.89. The summed E-state index contributed by atoms with van der Waals surface area (Å²) in [6, 6.07) is 0. The summed E-state index contributed by atoms with van der Waals surface area (Å²) >= 11 is 0. The average Bonchev–Trinajstić information content (AvgIpc) is 2.76. The highest BCUT2D eigenvalue weighted by molar-refractivity contribution is 5.21. The molecule has 1 aliphatic carbocycles. The number of hydrogen-bond acceptors (Lipinski definition) is 5. The van der Waals surface area contributed by atoms with Crippen molar-refractivity contribution < 1.29 is 5.11 Å². The standard InChI is InChI=1S/C10H19N5O/c16-7-6-15-10(12-13-14-15)11-8-9-4-2-1-3-5-9/h9,16H,1-8H2,(H,11,12,14). The van der Waals surface area contributed by atoms with E-state index in [1.165, 1.54) is 32.1 Å². The van der Waals surface area contributed by atoms with E-state index in [-0.39, 0.29) is 6.61 Å². The summed E-state index contributed by atoms with van der Waals surface area (Å²) in [4.78, 5) is 0. The first-order valence-electron chi connectivity index (χ1n) is 6.01. The van der Waals surface area contributed by atoms with Crippen LogP contribution >= 0.6 is 0 Å². The SMILES string of the molecule is OCCn1nnnc1NCC1CCCCC1. The highest BCUT2D eigenvalue weighted by Crippen LogP contribution is 2.23. The van der Waals surface area contributed by atoms with E-state index in [9.17, 15) is 0 Å². The summed E-state index contributed by atoms with van der Waals surface area (Å²) in [5.74, 6) is 1.41. The molecule has 0 aromatic carbocycles. The van der Waals surface area contributed by atoms with Gasteiger partial charge in [0.1, 0.15) is 0 Å². The molecular formula is C10H19N5O. The van der Waals surface area contributed by atoms with Crippen LogP contribution in [0.1, 0.15) is 32.1 Å². The van der Waals surface area contributed by atoms with Gasteiger partial charge in [0.05, 0.1) is 13.2 Å². The molecule has 1 saturated carbocycles. The monoisotopic (exact) mass is 225 g/mol. The predicted octanol–water partition coefficient (Wildman–Crippen LogP) is 0.658. The van der Waals surface area contributed by atoms with Crippen molar-refractivity contribution in [1.29, 1.82) is 0 Å². The normalized spacial score (nSPS) is 17.6.